The van der Waals surface area contributed by atoms with Gasteiger partial charge in [-0.3, -0.25) is 4.79 Å². The number of hydrogen-bond donors (Lipinski definition) is 0. The highest BCUT2D eigenvalue weighted by Gasteiger charge is 2.23. The van der Waals surface area contributed by atoms with Gasteiger partial charge in [-0.1, -0.05) is 36.4 Å². The Hall–Kier alpha value is -2.66. The van der Waals surface area contributed by atoms with Crippen molar-refractivity contribution in [2.45, 2.75) is 13.0 Å². The van der Waals surface area contributed by atoms with E-state index in [-0.39, 0.29) is 5.91 Å². The second kappa shape index (κ2) is 6.84. The molecule has 0 saturated heterocycles. The standard InChI is InChI=1S/C19H17NO3S/c1-13(18(21)20(2)15-9-4-3-5-10-15)23-19(22)17-12-14-8-6-7-11-16(14)24-17/h3-13H,1-2H3/t13-/m0/s1. The number of ether oxygens (including phenoxy) is 1. The van der Waals surface area contributed by atoms with Crippen LogP contribution >= 0.6 is 11.3 Å². The van der Waals surface area contributed by atoms with Crippen LogP contribution in [0.5, 0.6) is 0 Å². The molecule has 3 aromatic rings. The van der Waals surface area contributed by atoms with Crippen molar-refractivity contribution in [3.05, 3.63) is 65.5 Å². The molecule has 1 amide bonds. The number of esters is 1. The first-order valence-electron chi connectivity index (χ1n) is 7.58. The number of fused-ring (bicyclic) bond motifs is 1. The third-order valence-electron chi connectivity index (χ3n) is 3.73. The largest absolute Gasteiger partial charge is 0.448 e. The van der Waals surface area contributed by atoms with Gasteiger partial charge in [0.05, 0.1) is 0 Å². The van der Waals surface area contributed by atoms with E-state index < -0.39 is 12.1 Å². The van der Waals surface area contributed by atoms with Crippen LogP contribution in [-0.2, 0) is 9.53 Å². The molecule has 4 nitrogen and oxygen atoms in total. The lowest BCUT2D eigenvalue weighted by atomic mass is 10.2. The van der Waals surface area contributed by atoms with Crippen molar-refractivity contribution in [1.29, 1.82) is 0 Å². The van der Waals surface area contributed by atoms with Crippen LogP contribution in [0.15, 0.2) is 60.7 Å². The lowest BCUT2D eigenvalue weighted by molar-refractivity contribution is -0.126. The van der Waals surface area contributed by atoms with E-state index in [4.69, 9.17) is 4.74 Å². The Bertz CT molecular complexity index is 839. The smallest absolute Gasteiger partial charge is 0.349 e. The van der Waals surface area contributed by atoms with Crippen molar-refractivity contribution in [3.63, 3.8) is 0 Å². The maximum atomic E-state index is 12.4. The number of amides is 1. The fourth-order valence-corrected chi connectivity index (χ4v) is 3.35. The van der Waals surface area contributed by atoms with Crippen molar-refractivity contribution in [2.75, 3.05) is 11.9 Å². The summed E-state index contributed by atoms with van der Waals surface area (Å²) in [6, 6.07) is 18.8. The third kappa shape index (κ3) is 3.31. The van der Waals surface area contributed by atoms with E-state index in [2.05, 4.69) is 0 Å². The molecule has 0 unspecified atom stereocenters. The Kier molecular flexibility index (Phi) is 4.62. The van der Waals surface area contributed by atoms with Crippen LogP contribution < -0.4 is 4.90 Å². The van der Waals surface area contributed by atoms with Gasteiger partial charge in [0.1, 0.15) is 4.88 Å². The summed E-state index contributed by atoms with van der Waals surface area (Å²) in [4.78, 5) is 26.7. The fourth-order valence-electron chi connectivity index (χ4n) is 2.40. The van der Waals surface area contributed by atoms with Crippen LogP contribution in [0, 0.1) is 0 Å². The van der Waals surface area contributed by atoms with E-state index in [9.17, 15) is 9.59 Å². The molecule has 1 aromatic heterocycles. The Morgan fingerprint density at radius 1 is 1.04 bits per heavy atom. The maximum Gasteiger partial charge on any atom is 0.349 e. The summed E-state index contributed by atoms with van der Waals surface area (Å²) in [7, 11) is 1.67. The van der Waals surface area contributed by atoms with Gasteiger partial charge in [-0.15, -0.1) is 11.3 Å². The average molecular weight is 339 g/mol. The van der Waals surface area contributed by atoms with Crippen molar-refractivity contribution < 1.29 is 14.3 Å². The highest BCUT2D eigenvalue weighted by molar-refractivity contribution is 7.20. The lowest BCUT2D eigenvalue weighted by Crippen LogP contribution is -2.37. The van der Waals surface area contributed by atoms with Gasteiger partial charge in [0.15, 0.2) is 6.10 Å². The topological polar surface area (TPSA) is 46.6 Å². The van der Waals surface area contributed by atoms with Crippen LogP contribution in [-0.4, -0.2) is 25.0 Å². The van der Waals surface area contributed by atoms with Gasteiger partial charge in [0.2, 0.25) is 0 Å². The first-order chi connectivity index (χ1) is 11.6. The Morgan fingerprint density at radius 3 is 2.42 bits per heavy atom. The van der Waals surface area contributed by atoms with Crippen LogP contribution in [0.3, 0.4) is 0 Å². The Balaban J connectivity index is 1.70. The molecule has 5 heteroatoms. The molecule has 2 aromatic carbocycles. The second-order valence-corrected chi connectivity index (χ2v) is 6.51. The predicted molar refractivity (Wildman–Crippen MR) is 96.6 cm³/mol. The molecule has 1 heterocycles. The first kappa shape index (κ1) is 16.2. The lowest BCUT2D eigenvalue weighted by Gasteiger charge is -2.21. The minimum absolute atomic E-state index is 0.268. The highest BCUT2D eigenvalue weighted by atomic mass is 32.1. The summed E-state index contributed by atoms with van der Waals surface area (Å²) < 4.78 is 6.37. The molecule has 0 aliphatic heterocycles. The summed E-state index contributed by atoms with van der Waals surface area (Å²) in [6.07, 6.45) is -0.854. The summed E-state index contributed by atoms with van der Waals surface area (Å²) in [6.45, 7) is 1.59. The Labute approximate surface area is 144 Å². The molecule has 0 fully saturated rings. The Morgan fingerprint density at radius 2 is 1.71 bits per heavy atom. The van der Waals surface area contributed by atoms with Gasteiger partial charge >= 0.3 is 5.97 Å². The number of hydrogen-bond acceptors (Lipinski definition) is 4. The molecule has 0 N–H and O–H groups in total. The predicted octanol–water partition coefficient (Wildman–Crippen LogP) is 4.11. The van der Waals surface area contributed by atoms with E-state index in [0.29, 0.717) is 4.88 Å². The minimum atomic E-state index is -0.854. The number of likely N-dealkylation sites (N-methyl/N-ethyl adjacent to an activating group) is 1. The molecule has 3 rings (SSSR count). The molecule has 0 aliphatic carbocycles. The number of nitrogens with zero attached hydrogens (tertiary/aromatic N) is 1. The van der Waals surface area contributed by atoms with Gasteiger partial charge in [-0.2, -0.15) is 0 Å². The second-order valence-electron chi connectivity index (χ2n) is 5.43. The van der Waals surface area contributed by atoms with E-state index in [1.54, 1.807) is 20.0 Å². The number of anilines is 1. The zero-order chi connectivity index (χ0) is 17.1. The van der Waals surface area contributed by atoms with Crippen LogP contribution in [0.25, 0.3) is 10.1 Å². The van der Waals surface area contributed by atoms with Gasteiger partial charge in [-0.05, 0) is 36.6 Å². The maximum absolute atomic E-state index is 12.4. The summed E-state index contributed by atoms with van der Waals surface area (Å²) in [5, 5.41) is 0.995. The first-order valence-corrected chi connectivity index (χ1v) is 8.40. The summed E-state index contributed by atoms with van der Waals surface area (Å²) >= 11 is 1.36. The molecule has 1 atom stereocenters. The number of rotatable bonds is 4. The summed E-state index contributed by atoms with van der Waals surface area (Å²) in [5.41, 5.74) is 0.757. The molecule has 24 heavy (non-hydrogen) atoms. The third-order valence-corrected chi connectivity index (χ3v) is 4.83. The van der Waals surface area contributed by atoms with Crippen molar-refractivity contribution in [2.24, 2.45) is 0 Å². The van der Waals surface area contributed by atoms with Crippen LogP contribution in [0.4, 0.5) is 5.69 Å². The van der Waals surface area contributed by atoms with Gasteiger partial charge < -0.3 is 9.64 Å². The molecular weight excluding hydrogens is 322 g/mol. The monoisotopic (exact) mass is 339 g/mol. The molecule has 122 valence electrons. The van der Waals surface area contributed by atoms with Crippen LogP contribution in [0.2, 0.25) is 0 Å². The van der Waals surface area contributed by atoms with Crippen molar-refractivity contribution >= 4 is 39.0 Å². The van der Waals surface area contributed by atoms with Gasteiger partial charge in [-0.25, -0.2) is 4.79 Å². The number of thiophene rings is 1. The van der Waals surface area contributed by atoms with E-state index in [1.807, 2.05) is 54.6 Å². The molecule has 0 saturated carbocycles. The van der Waals surface area contributed by atoms with E-state index >= 15 is 0 Å². The number of carbonyl (C=O) groups excluding carboxylic acids is 2. The van der Waals surface area contributed by atoms with E-state index in [1.165, 1.54) is 16.2 Å². The zero-order valence-electron chi connectivity index (χ0n) is 13.4. The molecule has 0 bridgehead atoms. The minimum Gasteiger partial charge on any atom is -0.448 e. The normalized spacial score (nSPS) is 11.9. The molecular formula is C19H17NO3S. The molecule has 0 aliphatic rings. The van der Waals surface area contributed by atoms with Crippen molar-refractivity contribution in [3.8, 4) is 0 Å². The fraction of sp³-hybridized carbons (Fsp3) is 0.158. The number of para-hydroxylation sites is 1. The molecule has 0 spiro atoms. The summed E-state index contributed by atoms with van der Waals surface area (Å²) in [5.74, 6) is -0.742. The number of carbonyl (C=O) groups is 2. The van der Waals surface area contributed by atoms with E-state index in [0.717, 1.165) is 15.8 Å². The quantitative estimate of drug-likeness (QED) is 0.672. The molecule has 0 radical (unpaired) electrons. The van der Waals surface area contributed by atoms with Gasteiger partial charge in [0, 0.05) is 17.4 Å². The zero-order valence-corrected chi connectivity index (χ0v) is 14.2. The van der Waals surface area contributed by atoms with Crippen LogP contribution in [0.1, 0.15) is 16.6 Å². The van der Waals surface area contributed by atoms with Gasteiger partial charge in [0.25, 0.3) is 5.91 Å². The number of benzene rings is 2. The average Bonchev–Trinajstić information content (AvgIpc) is 3.05. The highest BCUT2D eigenvalue weighted by Crippen LogP contribution is 2.26. The SMILES string of the molecule is C[C@H](OC(=O)c1cc2ccccc2s1)C(=O)N(C)c1ccccc1. The van der Waals surface area contributed by atoms with Crippen molar-refractivity contribution in [1.82, 2.24) is 0 Å².